The Morgan fingerprint density at radius 3 is 1.48 bits per heavy atom. The van der Waals surface area contributed by atoms with E-state index >= 15 is 0 Å². The van der Waals surface area contributed by atoms with Crippen molar-refractivity contribution < 1.29 is 0 Å². The number of anilines is 2. The Morgan fingerprint density at radius 1 is 0.357 bits per heavy atom. The molecule has 42 heavy (non-hydrogen) atoms. The van der Waals surface area contributed by atoms with Crippen LogP contribution in [-0.4, -0.2) is 7.05 Å². The maximum absolute atomic E-state index is 2.42. The molecule has 0 aliphatic carbocycles. The first-order chi connectivity index (χ1) is 20.8. The number of hydrogen-bond donors (Lipinski definition) is 0. The molecule has 196 valence electrons. The minimum atomic E-state index is 1.22. The maximum atomic E-state index is 2.42. The van der Waals surface area contributed by atoms with Gasteiger partial charge in [-0.2, -0.15) is 0 Å². The Morgan fingerprint density at radius 2 is 0.810 bits per heavy atom. The molecule has 1 heteroatoms. The van der Waals surface area contributed by atoms with Gasteiger partial charge in [0.05, 0.1) is 0 Å². The highest BCUT2D eigenvalue weighted by Crippen LogP contribution is 2.45. The van der Waals surface area contributed by atoms with Gasteiger partial charge in [0, 0.05) is 18.4 Å². The van der Waals surface area contributed by atoms with Crippen LogP contribution in [0.1, 0.15) is 11.1 Å². The van der Waals surface area contributed by atoms with Crippen molar-refractivity contribution in [2.24, 2.45) is 0 Å². The van der Waals surface area contributed by atoms with Crippen molar-refractivity contribution in [2.75, 3.05) is 11.9 Å². The number of para-hydroxylation sites is 1. The SMILES string of the molecule is CN1c2ccccc2C=Cc2cc(-c3ccc4c5ccccc5c5c6ccccc6c6ccccc6c5c4c3)ccc21. The molecule has 0 N–H and O–H groups in total. The fourth-order valence-electron chi connectivity index (χ4n) is 7.22. The second kappa shape index (κ2) is 8.80. The average molecular weight is 534 g/mol. The van der Waals surface area contributed by atoms with Crippen molar-refractivity contribution in [1.29, 1.82) is 0 Å². The molecular weight excluding hydrogens is 506 g/mol. The second-order valence-corrected chi connectivity index (χ2v) is 11.4. The van der Waals surface area contributed by atoms with Crippen molar-refractivity contribution in [3.8, 4) is 11.1 Å². The van der Waals surface area contributed by atoms with Gasteiger partial charge in [-0.3, -0.25) is 0 Å². The van der Waals surface area contributed by atoms with Crippen LogP contribution in [0.25, 0.3) is 77.1 Å². The molecule has 1 heterocycles. The van der Waals surface area contributed by atoms with Crippen LogP contribution in [0.4, 0.5) is 11.4 Å². The zero-order chi connectivity index (χ0) is 27.8. The summed E-state index contributed by atoms with van der Waals surface area (Å²) >= 11 is 0. The second-order valence-electron chi connectivity index (χ2n) is 11.4. The summed E-state index contributed by atoms with van der Waals surface area (Å²) in [5.41, 5.74) is 7.37. The van der Waals surface area contributed by atoms with Crippen molar-refractivity contribution in [3.63, 3.8) is 0 Å². The van der Waals surface area contributed by atoms with E-state index in [1.807, 2.05) is 0 Å². The smallest absolute Gasteiger partial charge is 0.0482 e. The monoisotopic (exact) mass is 533 g/mol. The number of benzene rings is 8. The van der Waals surface area contributed by atoms with Crippen LogP contribution in [0.3, 0.4) is 0 Å². The summed E-state index contributed by atoms with van der Waals surface area (Å²) in [6.07, 6.45) is 4.49. The molecule has 0 fully saturated rings. The molecular formula is C41H27N. The third-order valence-electron chi connectivity index (χ3n) is 9.17. The number of nitrogens with zero attached hydrogens (tertiary/aromatic N) is 1. The number of fused-ring (bicyclic) bond motifs is 13. The molecule has 0 amide bonds. The zero-order valence-corrected chi connectivity index (χ0v) is 23.3. The molecule has 0 aromatic heterocycles. The van der Waals surface area contributed by atoms with Crippen LogP contribution in [0.5, 0.6) is 0 Å². The lowest BCUT2D eigenvalue weighted by Gasteiger charge is -2.22. The lowest BCUT2D eigenvalue weighted by Crippen LogP contribution is -2.11. The van der Waals surface area contributed by atoms with Gasteiger partial charge >= 0.3 is 0 Å². The summed E-state index contributed by atoms with van der Waals surface area (Å²) in [4.78, 5) is 2.30. The Kier molecular flexibility index (Phi) is 4.88. The van der Waals surface area contributed by atoms with Crippen LogP contribution < -0.4 is 4.90 Å². The molecule has 8 aromatic carbocycles. The van der Waals surface area contributed by atoms with Gasteiger partial charge in [-0.1, -0.05) is 121 Å². The largest absolute Gasteiger partial charge is 0.344 e. The van der Waals surface area contributed by atoms with Gasteiger partial charge in [-0.15, -0.1) is 0 Å². The van der Waals surface area contributed by atoms with Crippen molar-refractivity contribution >= 4 is 77.4 Å². The molecule has 0 saturated carbocycles. The Balaban J connectivity index is 1.36. The van der Waals surface area contributed by atoms with E-state index in [1.54, 1.807) is 0 Å². The summed E-state index contributed by atoms with van der Waals surface area (Å²) in [6, 6.07) is 49.2. The highest BCUT2D eigenvalue weighted by Gasteiger charge is 2.18. The van der Waals surface area contributed by atoms with E-state index in [9.17, 15) is 0 Å². The number of hydrogen-bond acceptors (Lipinski definition) is 1. The third kappa shape index (κ3) is 3.25. The first kappa shape index (κ1) is 23.3. The quantitative estimate of drug-likeness (QED) is 0.190. The standard InChI is InChI=1S/C41H27N/c1-42-38-17-9-2-10-26(38)18-19-29-24-27(21-23-39(29)42)28-20-22-33-32-13-5-7-15-35(32)40-34-14-6-3-11-30(34)31-12-4-8-16-36(31)41(40)37(33)25-28/h2-25H,1H3. The predicted molar refractivity (Wildman–Crippen MR) is 183 cm³/mol. The molecule has 0 radical (unpaired) electrons. The first-order valence-electron chi connectivity index (χ1n) is 14.6. The molecule has 0 atom stereocenters. The predicted octanol–water partition coefficient (Wildman–Crippen LogP) is 11.4. The molecule has 1 aliphatic rings. The molecule has 1 aliphatic heterocycles. The van der Waals surface area contributed by atoms with E-state index in [0.29, 0.717) is 0 Å². The van der Waals surface area contributed by atoms with E-state index in [0.717, 1.165) is 0 Å². The summed E-state index contributed by atoms with van der Waals surface area (Å²) < 4.78 is 0. The lowest BCUT2D eigenvalue weighted by molar-refractivity contribution is 1.20. The summed E-state index contributed by atoms with van der Waals surface area (Å²) in [5, 5.41) is 13.1. The van der Waals surface area contributed by atoms with Gasteiger partial charge in [0.1, 0.15) is 0 Å². The van der Waals surface area contributed by atoms with Gasteiger partial charge in [-0.25, -0.2) is 0 Å². The highest BCUT2D eigenvalue weighted by molar-refractivity contribution is 6.39. The normalized spacial score (nSPS) is 12.7. The molecule has 0 bridgehead atoms. The van der Waals surface area contributed by atoms with Crippen LogP contribution in [0, 0.1) is 0 Å². The van der Waals surface area contributed by atoms with E-state index in [2.05, 4.69) is 158 Å². The van der Waals surface area contributed by atoms with Crippen molar-refractivity contribution in [2.45, 2.75) is 0 Å². The van der Waals surface area contributed by atoms with E-state index in [4.69, 9.17) is 0 Å². The minimum absolute atomic E-state index is 1.22. The number of rotatable bonds is 1. The molecule has 1 nitrogen and oxygen atoms in total. The summed E-state index contributed by atoms with van der Waals surface area (Å²) in [5.74, 6) is 0. The van der Waals surface area contributed by atoms with Gasteiger partial charge in [-0.05, 0) is 100 Å². The minimum Gasteiger partial charge on any atom is -0.344 e. The fraction of sp³-hybridized carbons (Fsp3) is 0.0244. The summed E-state index contributed by atoms with van der Waals surface area (Å²) in [6.45, 7) is 0. The molecule has 0 unspecified atom stereocenters. The van der Waals surface area contributed by atoms with Crippen molar-refractivity contribution in [3.05, 3.63) is 145 Å². The summed E-state index contributed by atoms with van der Waals surface area (Å²) in [7, 11) is 2.16. The topological polar surface area (TPSA) is 3.24 Å². The molecule has 0 spiro atoms. The van der Waals surface area contributed by atoms with Crippen LogP contribution >= 0.6 is 0 Å². The maximum Gasteiger partial charge on any atom is 0.0482 e. The first-order valence-corrected chi connectivity index (χ1v) is 14.6. The fourth-order valence-corrected chi connectivity index (χ4v) is 7.22. The Bertz CT molecular complexity index is 2410. The Hall–Kier alpha value is -5.40. The molecule has 0 saturated heterocycles. The van der Waals surface area contributed by atoms with Gasteiger partial charge in [0.25, 0.3) is 0 Å². The molecule has 9 rings (SSSR count). The van der Waals surface area contributed by atoms with Gasteiger partial charge in [0.2, 0.25) is 0 Å². The van der Waals surface area contributed by atoms with Gasteiger partial charge in [0.15, 0.2) is 0 Å². The van der Waals surface area contributed by atoms with Crippen LogP contribution in [0.2, 0.25) is 0 Å². The molecule has 8 aromatic rings. The Labute approximate surface area is 244 Å². The van der Waals surface area contributed by atoms with Gasteiger partial charge < -0.3 is 4.90 Å². The average Bonchev–Trinajstić information content (AvgIpc) is 3.20. The highest BCUT2D eigenvalue weighted by atomic mass is 15.1. The van der Waals surface area contributed by atoms with E-state index in [-0.39, 0.29) is 0 Å². The van der Waals surface area contributed by atoms with Crippen LogP contribution in [-0.2, 0) is 0 Å². The van der Waals surface area contributed by atoms with Crippen LogP contribution in [0.15, 0.2) is 133 Å². The van der Waals surface area contributed by atoms with Crippen molar-refractivity contribution in [1.82, 2.24) is 0 Å². The zero-order valence-electron chi connectivity index (χ0n) is 23.3. The lowest BCUT2D eigenvalue weighted by atomic mass is 9.86. The van der Waals surface area contributed by atoms with E-state index < -0.39 is 0 Å². The van der Waals surface area contributed by atoms with E-state index in [1.165, 1.54) is 87.5 Å². The third-order valence-corrected chi connectivity index (χ3v) is 9.17.